The number of nitrogens with zero attached hydrogens (tertiary/aromatic N) is 1. The van der Waals surface area contributed by atoms with E-state index in [-0.39, 0.29) is 29.5 Å². The van der Waals surface area contributed by atoms with Crippen molar-refractivity contribution >= 4 is 5.96 Å². The fraction of sp³-hybridized carbons (Fsp3) is 0.632. The van der Waals surface area contributed by atoms with Crippen molar-refractivity contribution in [3.8, 4) is 0 Å². The fourth-order valence-electron chi connectivity index (χ4n) is 3.57. The normalized spacial score (nSPS) is 28.2. The van der Waals surface area contributed by atoms with E-state index in [1.807, 2.05) is 6.92 Å². The average molecular weight is 367 g/mol. The van der Waals surface area contributed by atoms with E-state index in [1.54, 1.807) is 0 Å². The molecule has 2 aliphatic rings. The summed E-state index contributed by atoms with van der Waals surface area (Å²) in [6, 6.07) is 3.94. The van der Waals surface area contributed by atoms with Crippen LogP contribution in [0, 0.1) is 17.0 Å². The minimum absolute atomic E-state index is 0.0344. The lowest BCUT2D eigenvalue weighted by atomic mass is 9.84. The van der Waals surface area contributed by atoms with Crippen molar-refractivity contribution in [1.29, 1.82) is 0 Å². The van der Waals surface area contributed by atoms with Gasteiger partial charge in [-0.05, 0) is 38.3 Å². The molecule has 0 spiro atoms. The highest BCUT2D eigenvalue weighted by Crippen LogP contribution is 2.43. The Kier molecular flexibility index (Phi) is 6.09. The van der Waals surface area contributed by atoms with Gasteiger partial charge in [0.2, 0.25) is 0 Å². The summed E-state index contributed by atoms with van der Waals surface area (Å²) >= 11 is 0. The molecule has 0 radical (unpaired) electrons. The molecule has 1 aromatic rings. The minimum Gasteiger partial charge on any atom is -0.396 e. The molecular weight excluding hydrogens is 340 g/mol. The largest absolute Gasteiger partial charge is 0.396 e. The summed E-state index contributed by atoms with van der Waals surface area (Å²) in [5.41, 5.74) is 0.0272. The molecule has 7 heteroatoms. The second-order valence-corrected chi connectivity index (χ2v) is 7.20. The molecule has 3 atom stereocenters. The molecule has 1 aromatic carbocycles. The van der Waals surface area contributed by atoms with Crippen LogP contribution >= 0.6 is 0 Å². The molecule has 1 aliphatic carbocycles. The van der Waals surface area contributed by atoms with Gasteiger partial charge in [-0.3, -0.25) is 4.99 Å². The molecule has 3 rings (SSSR count). The van der Waals surface area contributed by atoms with Gasteiger partial charge in [-0.25, -0.2) is 8.78 Å². The fourth-order valence-corrected chi connectivity index (χ4v) is 3.57. The summed E-state index contributed by atoms with van der Waals surface area (Å²) in [6.45, 7) is 4.62. The monoisotopic (exact) mass is 367 g/mol. The Morgan fingerprint density at radius 2 is 2.15 bits per heavy atom. The summed E-state index contributed by atoms with van der Waals surface area (Å²) in [5.74, 6) is -0.528. The molecule has 0 amide bonds. The number of aliphatic hydroxyl groups is 1. The smallest absolute Gasteiger partial charge is 0.191 e. The minimum atomic E-state index is -0.494. The molecule has 2 fully saturated rings. The number of aliphatic imine (C=N–C) groups is 1. The quantitative estimate of drug-likeness (QED) is 0.510. The maximum absolute atomic E-state index is 13.9. The van der Waals surface area contributed by atoms with E-state index in [9.17, 15) is 13.9 Å². The highest BCUT2D eigenvalue weighted by molar-refractivity contribution is 5.80. The Hall–Kier alpha value is -1.73. The van der Waals surface area contributed by atoms with Crippen molar-refractivity contribution < 1.29 is 18.6 Å². The third-order valence-electron chi connectivity index (χ3n) is 5.23. The number of hydrogen-bond acceptors (Lipinski definition) is 3. The number of rotatable bonds is 7. The van der Waals surface area contributed by atoms with Crippen LogP contribution in [0.2, 0.25) is 0 Å². The predicted octanol–water partition coefficient (Wildman–Crippen LogP) is 2.16. The third-order valence-corrected chi connectivity index (χ3v) is 5.23. The second-order valence-electron chi connectivity index (χ2n) is 7.20. The number of aliphatic hydroxyl groups excluding tert-OH is 1. The Bertz CT molecular complexity index is 627. The Morgan fingerprint density at radius 3 is 2.77 bits per heavy atom. The van der Waals surface area contributed by atoms with Gasteiger partial charge in [0.05, 0.1) is 13.2 Å². The molecule has 26 heavy (non-hydrogen) atoms. The first-order chi connectivity index (χ1) is 12.6. The van der Waals surface area contributed by atoms with Gasteiger partial charge in [0.15, 0.2) is 5.96 Å². The summed E-state index contributed by atoms with van der Waals surface area (Å²) in [4.78, 5) is 4.66. The van der Waals surface area contributed by atoms with Crippen LogP contribution in [0.25, 0.3) is 0 Å². The zero-order chi connectivity index (χ0) is 18.6. The van der Waals surface area contributed by atoms with Crippen LogP contribution in [0.1, 0.15) is 37.7 Å². The summed E-state index contributed by atoms with van der Waals surface area (Å²) in [6.07, 6.45) is 2.21. The van der Waals surface area contributed by atoms with Gasteiger partial charge in [0.1, 0.15) is 11.6 Å². The predicted molar refractivity (Wildman–Crippen MR) is 96.2 cm³/mol. The van der Waals surface area contributed by atoms with Gasteiger partial charge in [-0.2, -0.15) is 0 Å². The van der Waals surface area contributed by atoms with Gasteiger partial charge in [-0.1, -0.05) is 6.07 Å². The average Bonchev–Trinajstić information content (AvgIpc) is 3.19. The van der Waals surface area contributed by atoms with Crippen molar-refractivity contribution in [2.75, 3.05) is 32.9 Å². The van der Waals surface area contributed by atoms with Crippen LogP contribution in [0.4, 0.5) is 8.78 Å². The number of hydrogen-bond donors (Lipinski definition) is 3. The molecule has 1 saturated heterocycles. The lowest BCUT2D eigenvalue weighted by Gasteiger charge is -2.25. The molecule has 3 unspecified atom stereocenters. The van der Waals surface area contributed by atoms with Crippen LogP contribution in [0.15, 0.2) is 23.2 Å². The number of guanidine groups is 1. The van der Waals surface area contributed by atoms with Gasteiger partial charge in [-0.15, -0.1) is 0 Å². The van der Waals surface area contributed by atoms with Gasteiger partial charge in [0, 0.05) is 42.7 Å². The first-order valence-corrected chi connectivity index (χ1v) is 9.26. The van der Waals surface area contributed by atoms with Crippen LogP contribution < -0.4 is 10.6 Å². The van der Waals surface area contributed by atoms with Crippen LogP contribution in [-0.2, 0) is 4.74 Å². The standard InChI is InChI=1S/C19H27F2N3O2/c1-2-22-18(23-11-19(6-8-25)7-9-26-12-19)24-16-10-13(16)17-14(20)4-3-5-15(17)21/h3-5,13,16,25H,2,6-12H2,1H3,(H2,22,23,24). The van der Waals surface area contributed by atoms with Crippen LogP contribution in [-0.4, -0.2) is 50.0 Å². The molecular formula is C19H27F2N3O2. The zero-order valence-corrected chi connectivity index (χ0v) is 15.1. The molecule has 144 valence electrons. The topological polar surface area (TPSA) is 65.9 Å². The van der Waals surface area contributed by atoms with Crippen LogP contribution in [0.5, 0.6) is 0 Å². The van der Waals surface area contributed by atoms with E-state index >= 15 is 0 Å². The molecule has 1 heterocycles. The van der Waals surface area contributed by atoms with Crippen molar-refractivity contribution in [2.45, 2.75) is 38.1 Å². The SMILES string of the molecule is CCNC(=NCC1(CCO)CCOC1)NC1CC1c1c(F)cccc1F. The summed E-state index contributed by atoms with van der Waals surface area (Å²) in [5, 5.41) is 15.8. The van der Waals surface area contributed by atoms with Crippen LogP contribution in [0.3, 0.4) is 0 Å². The van der Waals surface area contributed by atoms with Gasteiger partial charge < -0.3 is 20.5 Å². The third kappa shape index (κ3) is 4.32. The van der Waals surface area contributed by atoms with E-state index in [0.29, 0.717) is 45.1 Å². The first-order valence-electron chi connectivity index (χ1n) is 9.26. The van der Waals surface area contributed by atoms with Crippen molar-refractivity contribution in [3.05, 3.63) is 35.4 Å². The number of nitrogens with one attached hydrogen (secondary N) is 2. The molecule has 3 N–H and O–H groups in total. The van der Waals surface area contributed by atoms with Gasteiger partial charge in [0.25, 0.3) is 0 Å². The van der Waals surface area contributed by atoms with E-state index in [2.05, 4.69) is 15.6 Å². The summed E-state index contributed by atoms with van der Waals surface area (Å²) in [7, 11) is 0. The highest BCUT2D eigenvalue weighted by atomic mass is 19.1. The Balaban J connectivity index is 1.64. The Labute approximate surface area is 152 Å². The lowest BCUT2D eigenvalue weighted by molar-refractivity contribution is 0.131. The van der Waals surface area contributed by atoms with Crippen molar-refractivity contribution in [2.24, 2.45) is 10.4 Å². The second kappa shape index (κ2) is 8.31. The molecule has 0 bridgehead atoms. The maximum atomic E-state index is 13.9. The lowest BCUT2D eigenvalue weighted by Crippen LogP contribution is -2.40. The number of benzene rings is 1. The van der Waals surface area contributed by atoms with E-state index in [4.69, 9.17) is 4.74 Å². The highest BCUT2D eigenvalue weighted by Gasteiger charge is 2.42. The van der Waals surface area contributed by atoms with Gasteiger partial charge >= 0.3 is 0 Å². The first kappa shape index (κ1) is 19.0. The maximum Gasteiger partial charge on any atom is 0.191 e. The van der Waals surface area contributed by atoms with E-state index in [1.165, 1.54) is 18.2 Å². The molecule has 0 aromatic heterocycles. The molecule has 5 nitrogen and oxygen atoms in total. The number of halogens is 2. The Morgan fingerprint density at radius 1 is 1.38 bits per heavy atom. The summed E-state index contributed by atoms with van der Waals surface area (Å²) < 4.78 is 33.4. The molecule has 1 saturated carbocycles. The zero-order valence-electron chi connectivity index (χ0n) is 15.1. The van der Waals surface area contributed by atoms with Crippen molar-refractivity contribution in [1.82, 2.24) is 10.6 Å². The van der Waals surface area contributed by atoms with E-state index < -0.39 is 11.6 Å². The molecule has 1 aliphatic heterocycles. The van der Waals surface area contributed by atoms with Crippen molar-refractivity contribution in [3.63, 3.8) is 0 Å². The number of ether oxygens (including phenoxy) is 1. The van der Waals surface area contributed by atoms with E-state index in [0.717, 1.165) is 6.42 Å².